The van der Waals surface area contributed by atoms with Crippen molar-refractivity contribution in [2.24, 2.45) is 0 Å². The lowest BCUT2D eigenvalue weighted by Gasteiger charge is -2.24. The zero-order chi connectivity index (χ0) is 17.0. The van der Waals surface area contributed by atoms with Crippen molar-refractivity contribution in [3.8, 4) is 0 Å². The maximum atomic E-state index is 12.5. The van der Waals surface area contributed by atoms with Crippen molar-refractivity contribution in [2.45, 2.75) is 33.4 Å². The monoisotopic (exact) mass is 374 g/mol. The lowest BCUT2D eigenvalue weighted by Crippen LogP contribution is -2.39. The number of para-hydroxylation sites is 1. The molecule has 2 aromatic carbocycles. The second-order valence-electron chi connectivity index (χ2n) is 5.97. The van der Waals surface area contributed by atoms with Crippen LogP contribution in [0.5, 0.6) is 0 Å². The number of nitrogens with zero attached hydrogens (tertiary/aromatic N) is 1. The van der Waals surface area contributed by atoms with Crippen LogP contribution in [0.25, 0.3) is 0 Å². The van der Waals surface area contributed by atoms with Crippen LogP contribution in [-0.4, -0.2) is 23.9 Å². The smallest absolute Gasteiger partial charge is 0.241 e. The van der Waals surface area contributed by atoms with Gasteiger partial charge in [-0.05, 0) is 56.6 Å². The first-order chi connectivity index (χ1) is 10.9. The molecule has 0 saturated heterocycles. The Morgan fingerprint density at radius 2 is 1.70 bits per heavy atom. The van der Waals surface area contributed by atoms with Crippen LogP contribution in [0.2, 0.25) is 0 Å². The highest BCUT2D eigenvalue weighted by Gasteiger charge is 2.19. The summed E-state index contributed by atoms with van der Waals surface area (Å²) >= 11 is 3.44. The maximum absolute atomic E-state index is 12.5. The number of benzene rings is 2. The molecule has 0 aliphatic carbocycles. The first kappa shape index (κ1) is 17.7. The quantitative estimate of drug-likeness (QED) is 0.833. The SMILES string of the molecule is Cc1cccc(C)c1NC(=O)C(C)N(C)Cc1ccc(Br)cc1. The Labute approximate surface area is 146 Å². The van der Waals surface area contributed by atoms with Crippen LogP contribution in [-0.2, 0) is 11.3 Å². The molecule has 3 nitrogen and oxygen atoms in total. The van der Waals surface area contributed by atoms with Crippen LogP contribution in [0.4, 0.5) is 5.69 Å². The highest BCUT2D eigenvalue weighted by Crippen LogP contribution is 2.20. The third-order valence-electron chi connectivity index (χ3n) is 4.12. The van der Waals surface area contributed by atoms with E-state index < -0.39 is 0 Å². The van der Waals surface area contributed by atoms with E-state index in [-0.39, 0.29) is 11.9 Å². The number of carbonyl (C=O) groups excluding carboxylic acids is 1. The molecule has 23 heavy (non-hydrogen) atoms. The Hall–Kier alpha value is -1.65. The van der Waals surface area contributed by atoms with Gasteiger partial charge in [0.2, 0.25) is 5.91 Å². The second kappa shape index (κ2) is 7.75. The van der Waals surface area contributed by atoms with Crippen LogP contribution in [0.3, 0.4) is 0 Å². The van der Waals surface area contributed by atoms with E-state index >= 15 is 0 Å². The van der Waals surface area contributed by atoms with E-state index in [0.29, 0.717) is 0 Å². The molecule has 0 saturated carbocycles. The molecule has 0 aliphatic heterocycles. The highest BCUT2D eigenvalue weighted by molar-refractivity contribution is 9.10. The molecule has 2 aromatic rings. The first-order valence-electron chi connectivity index (χ1n) is 7.70. The van der Waals surface area contributed by atoms with Crippen molar-refractivity contribution in [3.05, 3.63) is 63.6 Å². The number of anilines is 1. The number of carbonyl (C=O) groups is 1. The molecule has 4 heteroatoms. The molecule has 0 spiro atoms. The van der Waals surface area contributed by atoms with Gasteiger partial charge >= 0.3 is 0 Å². The average Bonchev–Trinajstić information content (AvgIpc) is 2.52. The van der Waals surface area contributed by atoms with Crippen molar-refractivity contribution < 1.29 is 4.79 Å². The number of nitrogens with one attached hydrogen (secondary N) is 1. The maximum Gasteiger partial charge on any atom is 0.241 e. The molecule has 0 bridgehead atoms. The van der Waals surface area contributed by atoms with Crippen LogP contribution in [0, 0.1) is 13.8 Å². The van der Waals surface area contributed by atoms with E-state index in [1.54, 1.807) is 0 Å². The average molecular weight is 375 g/mol. The molecule has 0 radical (unpaired) electrons. The molecular formula is C19H23BrN2O. The topological polar surface area (TPSA) is 32.3 Å². The summed E-state index contributed by atoms with van der Waals surface area (Å²) in [4.78, 5) is 14.6. The number of aryl methyl sites for hydroxylation is 2. The Morgan fingerprint density at radius 1 is 1.13 bits per heavy atom. The van der Waals surface area contributed by atoms with Gasteiger partial charge in [0, 0.05) is 16.7 Å². The summed E-state index contributed by atoms with van der Waals surface area (Å²) in [6.45, 7) is 6.69. The van der Waals surface area contributed by atoms with Gasteiger partial charge in [-0.1, -0.05) is 46.3 Å². The molecule has 1 atom stereocenters. The summed E-state index contributed by atoms with van der Waals surface area (Å²) in [7, 11) is 1.97. The fourth-order valence-electron chi connectivity index (χ4n) is 2.45. The zero-order valence-corrected chi connectivity index (χ0v) is 15.6. The van der Waals surface area contributed by atoms with Gasteiger partial charge in [0.05, 0.1) is 6.04 Å². The Bertz CT molecular complexity index is 662. The van der Waals surface area contributed by atoms with Gasteiger partial charge < -0.3 is 5.32 Å². The molecule has 0 fully saturated rings. The predicted octanol–water partition coefficient (Wildman–Crippen LogP) is 4.52. The molecule has 122 valence electrons. The third kappa shape index (κ3) is 4.66. The van der Waals surface area contributed by atoms with Gasteiger partial charge in [0.1, 0.15) is 0 Å². The molecule has 2 rings (SSSR count). The van der Waals surface area contributed by atoms with Crippen LogP contribution >= 0.6 is 15.9 Å². The number of likely N-dealkylation sites (N-methyl/N-ethyl adjacent to an activating group) is 1. The van der Waals surface area contributed by atoms with E-state index in [2.05, 4.69) is 33.4 Å². The van der Waals surface area contributed by atoms with Crippen molar-refractivity contribution in [3.63, 3.8) is 0 Å². The van der Waals surface area contributed by atoms with Gasteiger partial charge in [-0.3, -0.25) is 9.69 Å². The number of hydrogen-bond donors (Lipinski definition) is 1. The minimum atomic E-state index is -0.211. The van der Waals surface area contributed by atoms with Crippen LogP contribution < -0.4 is 5.32 Å². The summed E-state index contributed by atoms with van der Waals surface area (Å²) in [5, 5.41) is 3.07. The number of rotatable bonds is 5. The van der Waals surface area contributed by atoms with Crippen LogP contribution in [0.15, 0.2) is 46.9 Å². The minimum absolute atomic E-state index is 0.0158. The highest BCUT2D eigenvalue weighted by atomic mass is 79.9. The lowest BCUT2D eigenvalue weighted by atomic mass is 10.1. The van der Waals surface area contributed by atoms with E-state index in [1.165, 1.54) is 5.56 Å². The molecule has 0 aliphatic rings. The summed E-state index contributed by atoms with van der Waals surface area (Å²) in [5.41, 5.74) is 4.27. The van der Waals surface area contributed by atoms with E-state index in [4.69, 9.17) is 0 Å². The van der Waals surface area contributed by atoms with E-state index in [1.807, 2.05) is 63.1 Å². The van der Waals surface area contributed by atoms with Crippen molar-refractivity contribution >= 4 is 27.5 Å². The van der Waals surface area contributed by atoms with Crippen LogP contribution in [0.1, 0.15) is 23.6 Å². The number of hydrogen-bond acceptors (Lipinski definition) is 2. The standard InChI is InChI=1S/C19H23BrN2O/c1-13-6-5-7-14(2)18(13)21-19(23)15(3)22(4)12-16-8-10-17(20)11-9-16/h5-11,15H,12H2,1-4H3,(H,21,23). The van der Waals surface area contributed by atoms with E-state index in [0.717, 1.165) is 27.8 Å². The fraction of sp³-hybridized carbons (Fsp3) is 0.316. The van der Waals surface area contributed by atoms with Crippen molar-refractivity contribution in [1.82, 2.24) is 4.90 Å². The second-order valence-corrected chi connectivity index (χ2v) is 6.89. The lowest BCUT2D eigenvalue weighted by molar-refractivity contribution is -0.120. The molecule has 0 heterocycles. The molecule has 1 amide bonds. The first-order valence-corrected chi connectivity index (χ1v) is 8.49. The molecular weight excluding hydrogens is 352 g/mol. The van der Waals surface area contributed by atoms with Gasteiger partial charge in [-0.2, -0.15) is 0 Å². The normalized spacial score (nSPS) is 12.3. The van der Waals surface area contributed by atoms with Gasteiger partial charge in [0.25, 0.3) is 0 Å². The largest absolute Gasteiger partial charge is 0.324 e. The number of halogens is 1. The Balaban J connectivity index is 2.02. The predicted molar refractivity (Wildman–Crippen MR) is 99.6 cm³/mol. The van der Waals surface area contributed by atoms with Gasteiger partial charge in [0.15, 0.2) is 0 Å². The Kier molecular flexibility index (Phi) is 5.97. The Morgan fingerprint density at radius 3 is 2.26 bits per heavy atom. The van der Waals surface area contributed by atoms with Crippen molar-refractivity contribution in [1.29, 1.82) is 0 Å². The molecule has 1 unspecified atom stereocenters. The third-order valence-corrected chi connectivity index (χ3v) is 4.64. The van der Waals surface area contributed by atoms with Crippen molar-refractivity contribution in [2.75, 3.05) is 12.4 Å². The van der Waals surface area contributed by atoms with Gasteiger partial charge in [-0.15, -0.1) is 0 Å². The zero-order valence-electron chi connectivity index (χ0n) is 14.1. The number of amides is 1. The summed E-state index contributed by atoms with van der Waals surface area (Å²) in [6, 6.07) is 14.0. The van der Waals surface area contributed by atoms with Gasteiger partial charge in [-0.25, -0.2) is 0 Å². The minimum Gasteiger partial charge on any atom is -0.324 e. The molecule has 1 N–H and O–H groups in total. The summed E-state index contributed by atoms with van der Waals surface area (Å²) < 4.78 is 1.06. The summed E-state index contributed by atoms with van der Waals surface area (Å²) in [5.74, 6) is 0.0158. The molecule has 0 aromatic heterocycles. The fourth-order valence-corrected chi connectivity index (χ4v) is 2.72. The summed E-state index contributed by atoms with van der Waals surface area (Å²) in [6.07, 6.45) is 0. The van der Waals surface area contributed by atoms with E-state index in [9.17, 15) is 4.79 Å².